The summed E-state index contributed by atoms with van der Waals surface area (Å²) in [5, 5.41) is 8.71. The molecule has 0 saturated carbocycles. The van der Waals surface area contributed by atoms with E-state index in [2.05, 4.69) is 64.5 Å². The molecule has 0 aliphatic heterocycles. The van der Waals surface area contributed by atoms with Crippen LogP contribution in [0.1, 0.15) is 24.8 Å². The Morgan fingerprint density at radius 3 is 2.48 bits per heavy atom. The lowest BCUT2D eigenvalue weighted by Gasteiger charge is -2.07. The molecule has 2 aromatic carbocycles. The van der Waals surface area contributed by atoms with Crippen LogP contribution in [-0.2, 0) is 0 Å². The molecule has 0 unspecified atom stereocenters. The fourth-order valence-electron chi connectivity index (χ4n) is 1.88. The summed E-state index contributed by atoms with van der Waals surface area (Å²) in [6, 6.07) is 20.9. The van der Waals surface area contributed by atoms with Crippen LogP contribution in [0.5, 0.6) is 0 Å². The van der Waals surface area contributed by atoms with Crippen molar-refractivity contribution in [2.75, 3.05) is 0 Å². The molecule has 0 aliphatic rings. The van der Waals surface area contributed by atoms with Crippen LogP contribution < -0.4 is 0 Å². The molecule has 0 heterocycles. The van der Waals surface area contributed by atoms with Gasteiger partial charge in [-0.15, -0.1) is 0 Å². The minimum atomic E-state index is 0.604. The summed E-state index contributed by atoms with van der Waals surface area (Å²) in [5.41, 5.74) is 1.20. The average molecular weight is 358 g/mol. The summed E-state index contributed by atoms with van der Waals surface area (Å²) < 4.78 is 1.09. The van der Waals surface area contributed by atoms with Crippen molar-refractivity contribution >= 4 is 33.8 Å². The van der Waals surface area contributed by atoms with E-state index in [-0.39, 0.29) is 0 Å². The van der Waals surface area contributed by atoms with Crippen LogP contribution in [0.4, 0.5) is 0 Å². The standard InChI is InChI=1S/C18H16BrNS/c19-16-9-11-17(12-10-16)21-18(8-4-5-13-20)14-15-6-2-1-3-7-15/h1-3,6-7,9-12,14H,4-5,8H2/b18-14-. The Kier molecular flexibility index (Phi) is 6.59. The molecule has 0 radical (unpaired) electrons. The van der Waals surface area contributed by atoms with Crippen LogP contribution in [-0.4, -0.2) is 0 Å². The number of hydrogen-bond donors (Lipinski definition) is 0. The summed E-state index contributed by atoms with van der Waals surface area (Å²) in [7, 11) is 0. The minimum absolute atomic E-state index is 0.604. The van der Waals surface area contributed by atoms with E-state index in [1.165, 1.54) is 15.4 Å². The van der Waals surface area contributed by atoms with Gasteiger partial charge in [0.25, 0.3) is 0 Å². The lowest BCUT2D eigenvalue weighted by atomic mass is 10.1. The lowest BCUT2D eigenvalue weighted by Crippen LogP contribution is -1.82. The molecule has 3 heteroatoms. The maximum atomic E-state index is 8.71. The molecule has 0 saturated heterocycles. The molecule has 2 rings (SSSR count). The van der Waals surface area contributed by atoms with Gasteiger partial charge >= 0.3 is 0 Å². The molecule has 0 spiro atoms. The third kappa shape index (κ3) is 5.79. The molecule has 21 heavy (non-hydrogen) atoms. The van der Waals surface area contributed by atoms with Gasteiger partial charge in [-0.2, -0.15) is 5.26 Å². The molecule has 2 aromatic rings. The second kappa shape index (κ2) is 8.71. The molecular formula is C18H16BrNS. The predicted molar refractivity (Wildman–Crippen MR) is 93.9 cm³/mol. The van der Waals surface area contributed by atoms with Crippen LogP contribution in [0, 0.1) is 11.3 Å². The summed E-state index contributed by atoms with van der Waals surface area (Å²) in [5.74, 6) is 0. The molecule has 1 nitrogen and oxygen atoms in total. The zero-order valence-electron chi connectivity index (χ0n) is 11.6. The van der Waals surface area contributed by atoms with Gasteiger partial charge in [0.2, 0.25) is 0 Å². The zero-order chi connectivity index (χ0) is 14.9. The first-order valence-corrected chi connectivity index (χ1v) is 8.45. The molecule has 0 N–H and O–H groups in total. The first-order valence-electron chi connectivity index (χ1n) is 6.84. The van der Waals surface area contributed by atoms with E-state index < -0.39 is 0 Å². The van der Waals surface area contributed by atoms with Crippen molar-refractivity contribution in [1.29, 1.82) is 5.26 Å². The van der Waals surface area contributed by atoms with E-state index in [9.17, 15) is 0 Å². The van der Waals surface area contributed by atoms with Crippen molar-refractivity contribution in [3.8, 4) is 6.07 Å². The molecule has 0 atom stereocenters. The van der Waals surface area contributed by atoms with Gasteiger partial charge in [0.05, 0.1) is 6.07 Å². The molecule has 0 fully saturated rings. The van der Waals surface area contributed by atoms with Crippen molar-refractivity contribution in [2.24, 2.45) is 0 Å². The van der Waals surface area contributed by atoms with E-state index in [0.29, 0.717) is 6.42 Å². The highest BCUT2D eigenvalue weighted by atomic mass is 79.9. The third-order valence-corrected chi connectivity index (χ3v) is 4.52. The highest BCUT2D eigenvalue weighted by Crippen LogP contribution is 2.32. The Morgan fingerprint density at radius 2 is 1.81 bits per heavy atom. The highest BCUT2D eigenvalue weighted by molar-refractivity contribution is 9.10. The maximum absolute atomic E-state index is 8.71. The van der Waals surface area contributed by atoms with E-state index in [0.717, 1.165) is 17.3 Å². The van der Waals surface area contributed by atoms with Crippen molar-refractivity contribution in [2.45, 2.75) is 24.2 Å². The molecule has 0 bridgehead atoms. The third-order valence-electron chi connectivity index (χ3n) is 2.90. The van der Waals surface area contributed by atoms with Crippen molar-refractivity contribution < 1.29 is 0 Å². The Balaban J connectivity index is 2.13. The Morgan fingerprint density at radius 1 is 1.10 bits per heavy atom. The largest absolute Gasteiger partial charge is 0.198 e. The smallest absolute Gasteiger partial charge is 0.0621 e. The molecule has 0 aromatic heterocycles. The van der Waals surface area contributed by atoms with Gasteiger partial charge in [-0.05, 0) is 53.7 Å². The van der Waals surface area contributed by atoms with E-state index in [4.69, 9.17) is 5.26 Å². The number of rotatable bonds is 6. The number of unbranched alkanes of at least 4 members (excludes halogenated alkanes) is 1. The predicted octanol–water partition coefficient (Wildman–Crippen LogP) is 6.28. The van der Waals surface area contributed by atoms with Crippen molar-refractivity contribution in [1.82, 2.24) is 0 Å². The number of nitriles is 1. The van der Waals surface area contributed by atoms with E-state index >= 15 is 0 Å². The van der Waals surface area contributed by atoms with Crippen LogP contribution in [0.25, 0.3) is 6.08 Å². The SMILES string of the molecule is N#CCCC/C(=C/c1ccccc1)Sc1ccc(Br)cc1. The number of halogens is 1. The summed E-state index contributed by atoms with van der Waals surface area (Å²) in [4.78, 5) is 2.51. The molecule has 0 aliphatic carbocycles. The van der Waals surface area contributed by atoms with Crippen LogP contribution >= 0.6 is 27.7 Å². The Bertz CT molecular complexity index is 627. The maximum Gasteiger partial charge on any atom is 0.0621 e. The van der Waals surface area contributed by atoms with Gasteiger partial charge in [-0.25, -0.2) is 0 Å². The van der Waals surface area contributed by atoms with E-state index in [1.807, 2.05) is 18.2 Å². The summed E-state index contributed by atoms with van der Waals surface area (Å²) in [6.07, 6.45) is 4.65. The fourth-order valence-corrected chi connectivity index (χ4v) is 3.16. The minimum Gasteiger partial charge on any atom is -0.198 e. The Labute approximate surface area is 138 Å². The topological polar surface area (TPSA) is 23.8 Å². The van der Waals surface area contributed by atoms with Gasteiger partial charge in [0.15, 0.2) is 0 Å². The molecular weight excluding hydrogens is 342 g/mol. The summed E-state index contributed by atoms with van der Waals surface area (Å²) in [6.45, 7) is 0. The van der Waals surface area contributed by atoms with Crippen LogP contribution in [0.15, 0.2) is 68.9 Å². The van der Waals surface area contributed by atoms with E-state index in [1.54, 1.807) is 11.8 Å². The van der Waals surface area contributed by atoms with Gasteiger partial charge in [-0.1, -0.05) is 58.0 Å². The molecule has 106 valence electrons. The normalized spacial score (nSPS) is 11.1. The lowest BCUT2D eigenvalue weighted by molar-refractivity contribution is 0.871. The first kappa shape index (κ1) is 15.9. The fraction of sp³-hybridized carbons (Fsp3) is 0.167. The second-order valence-corrected chi connectivity index (χ2v) is 6.70. The number of allylic oxidation sites excluding steroid dienone is 1. The second-order valence-electron chi connectivity index (χ2n) is 4.59. The van der Waals surface area contributed by atoms with Crippen LogP contribution in [0.3, 0.4) is 0 Å². The van der Waals surface area contributed by atoms with Gasteiger partial charge < -0.3 is 0 Å². The first-order chi connectivity index (χ1) is 10.3. The van der Waals surface area contributed by atoms with Gasteiger partial charge in [-0.3, -0.25) is 0 Å². The number of nitrogens with zero attached hydrogens (tertiary/aromatic N) is 1. The number of benzene rings is 2. The number of hydrogen-bond acceptors (Lipinski definition) is 2. The van der Waals surface area contributed by atoms with Crippen molar-refractivity contribution in [3.63, 3.8) is 0 Å². The summed E-state index contributed by atoms with van der Waals surface area (Å²) >= 11 is 5.23. The monoisotopic (exact) mass is 357 g/mol. The average Bonchev–Trinajstić information content (AvgIpc) is 2.51. The molecule has 0 amide bonds. The number of thioether (sulfide) groups is 1. The highest BCUT2D eigenvalue weighted by Gasteiger charge is 2.02. The quantitative estimate of drug-likeness (QED) is 0.448. The Hall–Kier alpha value is -1.50. The van der Waals surface area contributed by atoms with Crippen LogP contribution in [0.2, 0.25) is 0 Å². The van der Waals surface area contributed by atoms with Gasteiger partial charge in [0, 0.05) is 15.8 Å². The van der Waals surface area contributed by atoms with Crippen molar-refractivity contribution in [3.05, 3.63) is 69.5 Å². The zero-order valence-corrected chi connectivity index (χ0v) is 14.0. The van der Waals surface area contributed by atoms with Gasteiger partial charge in [0.1, 0.15) is 0 Å².